The maximum absolute atomic E-state index is 11.9. The molecule has 1 aliphatic carbocycles. The first kappa shape index (κ1) is 13.6. The first-order chi connectivity index (χ1) is 9.51. The Kier molecular flexibility index (Phi) is 3.32. The minimum absolute atomic E-state index is 0.164. The first-order valence-corrected chi connectivity index (χ1v) is 7.27. The number of rotatable bonds is 3. The molecule has 5 nitrogen and oxygen atoms in total. The molecule has 1 aromatic rings. The topological polar surface area (TPSA) is 55.3 Å². The van der Waals surface area contributed by atoms with Crippen LogP contribution in [-0.2, 0) is 9.53 Å². The van der Waals surface area contributed by atoms with Gasteiger partial charge in [-0.1, -0.05) is 11.6 Å². The van der Waals surface area contributed by atoms with Crippen LogP contribution in [0.1, 0.15) is 37.9 Å². The minimum atomic E-state index is -0.466. The lowest BCUT2D eigenvalue weighted by Crippen LogP contribution is -2.33. The number of carbonyl (C=O) groups excluding carboxylic acids is 1. The largest absolute Gasteiger partial charge is 0.469 e. The van der Waals surface area contributed by atoms with E-state index in [0.29, 0.717) is 17.6 Å². The summed E-state index contributed by atoms with van der Waals surface area (Å²) in [5.74, 6) is 1.95. The molecule has 20 heavy (non-hydrogen) atoms. The summed E-state index contributed by atoms with van der Waals surface area (Å²) in [4.78, 5) is 22.8. The number of hydrogen-bond donors (Lipinski definition) is 0. The van der Waals surface area contributed by atoms with Crippen molar-refractivity contribution in [1.82, 2.24) is 9.97 Å². The van der Waals surface area contributed by atoms with E-state index in [1.807, 2.05) is 6.92 Å². The predicted octanol–water partition coefficient (Wildman–Crippen LogP) is 2.40. The van der Waals surface area contributed by atoms with Gasteiger partial charge in [-0.2, -0.15) is 0 Å². The van der Waals surface area contributed by atoms with E-state index in [-0.39, 0.29) is 5.97 Å². The van der Waals surface area contributed by atoms with Crippen LogP contribution in [0.3, 0.4) is 0 Å². The third kappa shape index (κ3) is 2.46. The lowest BCUT2D eigenvalue weighted by molar-refractivity contribution is -0.150. The van der Waals surface area contributed by atoms with Crippen molar-refractivity contribution in [3.63, 3.8) is 0 Å². The zero-order chi connectivity index (χ0) is 14.3. The molecule has 1 aliphatic heterocycles. The van der Waals surface area contributed by atoms with Gasteiger partial charge in [-0.3, -0.25) is 4.79 Å². The summed E-state index contributed by atoms with van der Waals surface area (Å²) in [5, 5.41) is 0.476. The van der Waals surface area contributed by atoms with Crippen LogP contribution < -0.4 is 4.90 Å². The third-order valence-corrected chi connectivity index (χ3v) is 4.31. The molecule has 2 fully saturated rings. The number of halogens is 1. The van der Waals surface area contributed by atoms with Crippen LogP contribution in [0.4, 0.5) is 5.82 Å². The SMILES string of the molecule is COC(=O)C1(C)CCN(c2cc(Cl)nc(C3CC3)n2)C1. The van der Waals surface area contributed by atoms with Crippen LogP contribution in [0.15, 0.2) is 6.07 Å². The standard InChI is InChI=1S/C14H18ClN3O2/c1-14(13(19)20-2)5-6-18(8-14)11-7-10(15)16-12(17-11)9-3-4-9/h7,9H,3-6,8H2,1-2H3. The number of ether oxygens (including phenoxy) is 1. The number of esters is 1. The van der Waals surface area contributed by atoms with Crippen molar-refractivity contribution < 1.29 is 9.53 Å². The first-order valence-electron chi connectivity index (χ1n) is 6.90. The highest BCUT2D eigenvalue weighted by Gasteiger charge is 2.42. The molecule has 0 bridgehead atoms. The van der Waals surface area contributed by atoms with Gasteiger partial charge in [-0.15, -0.1) is 0 Å². The van der Waals surface area contributed by atoms with Gasteiger partial charge in [0.15, 0.2) is 0 Å². The number of carbonyl (C=O) groups is 1. The Bertz CT molecular complexity index is 547. The van der Waals surface area contributed by atoms with Crippen LogP contribution >= 0.6 is 11.6 Å². The van der Waals surface area contributed by atoms with Gasteiger partial charge in [0.2, 0.25) is 0 Å². The van der Waals surface area contributed by atoms with Crippen molar-refractivity contribution in [3.05, 3.63) is 17.0 Å². The van der Waals surface area contributed by atoms with E-state index in [1.165, 1.54) is 7.11 Å². The molecular formula is C14H18ClN3O2. The molecule has 2 heterocycles. The Morgan fingerprint density at radius 1 is 1.50 bits per heavy atom. The number of nitrogens with zero attached hydrogens (tertiary/aromatic N) is 3. The van der Waals surface area contributed by atoms with Crippen LogP contribution in [0.2, 0.25) is 5.15 Å². The van der Waals surface area contributed by atoms with E-state index < -0.39 is 5.41 Å². The molecule has 0 N–H and O–H groups in total. The zero-order valence-electron chi connectivity index (χ0n) is 11.7. The molecule has 1 unspecified atom stereocenters. The van der Waals surface area contributed by atoms with E-state index >= 15 is 0 Å². The van der Waals surface area contributed by atoms with Crippen molar-refractivity contribution in [2.75, 3.05) is 25.1 Å². The lowest BCUT2D eigenvalue weighted by Gasteiger charge is -2.22. The molecule has 0 aromatic carbocycles. The highest BCUT2D eigenvalue weighted by Crippen LogP contribution is 2.40. The zero-order valence-corrected chi connectivity index (χ0v) is 12.5. The van der Waals surface area contributed by atoms with E-state index in [0.717, 1.165) is 37.4 Å². The number of aromatic nitrogens is 2. The van der Waals surface area contributed by atoms with Crippen LogP contribution in [0, 0.1) is 5.41 Å². The van der Waals surface area contributed by atoms with Crippen LogP contribution in [-0.4, -0.2) is 36.1 Å². The molecule has 1 saturated heterocycles. The average Bonchev–Trinajstić information content (AvgIpc) is 3.20. The third-order valence-electron chi connectivity index (χ3n) is 4.12. The van der Waals surface area contributed by atoms with Crippen molar-refractivity contribution >= 4 is 23.4 Å². The van der Waals surface area contributed by atoms with Gasteiger partial charge in [0.25, 0.3) is 0 Å². The van der Waals surface area contributed by atoms with E-state index in [4.69, 9.17) is 16.3 Å². The highest BCUT2D eigenvalue weighted by atomic mass is 35.5. The van der Waals surface area contributed by atoms with E-state index in [1.54, 1.807) is 6.07 Å². The van der Waals surface area contributed by atoms with Crippen molar-refractivity contribution in [2.24, 2.45) is 5.41 Å². The predicted molar refractivity (Wildman–Crippen MR) is 76.0 cm³/mol. The summed E-state index contributed by atoms with van der Waals surface area (Å²) >= 11 is 6.09. The van der Waals surface area contributed by atoms with Crippen molar-refractivity contribution in [3.8, 4) is 0 Å². The second-order valence-corrected chi connectivity index (χ2v) is 6.29. The Labute approximate surface area is 123 Å². The summed E-state index contributed by atoms with van der Waals surface area (Å²) in [7, 11) is 1.43. The highest BCUT2D eigenvalue weighted by molar-refractivity contribution is 6.29. The maximum Gasteiger partial charge on any atom is 0.313 e. The van der Waals surface area contributed by atoms with Crippen LogP contribution in [0.5, 0.6) is 0 Å². The molecule has 3 rings (SSSR count). The van der Waals surface area contributed by atoms with Gasteiger partial charge >= 0.3 is 5.97 Å². The molecule has 0 amide bonds. The minimum Gasteiger partial charge on any atom is -0.469 e. The van der Waals surface area contributed by atoms with Crippen molar-refractivity contribution in [1.29, 1.82) is 0 Å². The Morgan fingerprint density at radius 2 is 2.25 bits per heavy atom. The fourth-order valence-electron chi connectivity index (χ4n) is 2.68. The van der Waals surface area contributed by atoms with Gasteiger partial charge in [0.05, 0.1) is 12.5 Å². The lowest BCUT2D eigenvalue weighted by atomic mass is 9.90. The summed E-state index contributed by atoms with van der Waals surface area (Å²) in [6.07, 6.45) is 3.04. The Balaban J connectivity index is 1.82. The second kappa shape index (κ2) is 4.88. The normalized spacial score (nSPS) is 25.9. The molecule has 1 aromatic heterocycles. The number of methoxy groups -OCH3 is 1. The molecule has 1 atom stereocenters. The van der Waals surface area contributed by atoms with E-state index in [9.17, 15) is 4.79 Å². The van der Waals surface area contributed by atoms with Gasteiger partial charge in [0.1, 0.15) is 16.8 Å². The molecule has 0 spiro atoms. The monoisotopic (exact) mass is 295 g/mol. The molecule has 108 valence electrons. The fraction of sp³-hybridized carbons (Fsp3) is 0.643. The van der Waals surface area contributed by atoms with Gasteiger partial charge in [0, 0.05) is 25.1 Å². The summed E-state index contributed by atoms with van der Waals surface area (Å²) in [5.41, 5.74) is -0.466. The number of hydrogen-bond acceptors (Lipinski definition) is 5. The maximum atomic E-state index is 11.9. The summed E-state index contributed by atoms with van der Waals surface area (Å²) in [6.45, 7) is 3.32. The average molecular weight is 296 g/mol. The van der Waals surface area contributed by atoms with Gasteiger partial charge < -0.3 is 9.64 Å². The fourth-order valence-corrected chi connectivity index (χ4v) is 2.86. The molecule has 2 aliphatic rings. The molecule has 1 saturated carbocycles. The molecule has 6 heteroatoms. The quantitative estimate of drug-likeness (QED) is 0.633. The Hall–Kier alpha value is -1.36. The van der Waals surface area contributed by atoms with Crippen LogP contribution in [0.25, 0.3) is 0 Å². The van der Waals surface area contributed by atoms with E-state index in [2.05, 4.69) is 14.9 Å². The number of anilines is 1. The second-order valence-electron chi connectivity index (χ2n) is 5.91. The Morgan fingerprint density at radius 3 is 2.90 bits per heavy atom. The summed E-state index contributed by atoms with van der Waals surface area (Å²) in [6, 6.07) is 1.77. The molecule has 0 radical (unpaired) electrons. The van der Waals surface area contributed by atoms with Gasteiger partial charge in [-0.25, -0.2) is 9.97 Å². The van der Waals surface area contributed by atoms with Crippen molar-refractivity contribution in [2.45, 2.75) is 32.1 Å². The van der Waals surface area contributed by atoms with Gasteiger partial charge in [-0.05, 0) is 26.2 Å². The smallest absolute Gasteiger partial charge is 0.313 e. The molecular weight excluding hydrogens is 278 g/mol. The summed E-state index contributed by atoms with van der Waals surface area (Å²) < 4.78 is 4.89.